The lowest BCUT2D eigenvalue weighted by molar-refractivity contribution is -0.131. The highest BCUT2D eigenvalue weighted by Crippen LogP contribution is 2.34. The number of ether oxygens (including phenoxy) is 1. The van der Waals surface area contributed by atoms with Gasteiger partial charge in [-0.2, -0.15) is 21.6 Å². The van der Waals surface area contributed by atoms with Crippen LogP contribution < -0.4 is 14.3 Å². The van der Waals surface area contributed by atoms with Crippen molar-refractivity contribution >= 4 is 27.1 Å². The highest BCUT2D eigenvalue weighted by molar-refractivity contribution is 7.88. The first-order valence-electron chi connectivity index (χ1n) is 7.84. The zero-order valence-corrected chi connectivity index (χ0v) is 15.3. The molecular weight excluding hydrogens is 417 g/mol. The molecule has 0 spiro atoms. The van der Waals surface area contributed by atoms with Crippen LogP contribution in [0.25, 0.3) is 22.3 Å². The normalized spacial score (nSPS) is 12.0. The molecule has 0 atom stereocenters. The number of benzene rings is 2. The average Bonchev–Trinajstić information content (AvgIpc) is 2.60. The number of halogens is 3. The van der Waals surface area contributed by atoms with Crippen molar-refractivity contribution in [1.29, 1.82) is 0 Å². The number of carbonyl (C=O) groups is 1. The van der Waals surface area contributed by atoms with Gasteiger partial charge in [0.15, 0.2) is 5.43 Å². The lowest BCUT2D eigenvalue weighted by Gasteiger charge is -2.12. The maximum absolute atomic E-state index is 12.6. The van der Waals surface area contributed by atoms with E-state index in [1.54, 1.807) is 30.3 Å². The van der Waals surface area contributed by atoms with Crippen LogP contribution in [0.1, 0.15) is 6.92 Å². The minimum atomic E-state index is -6.00. The molecule has 0 saturated carbocycles. The predicted octanol–water partition coefficient (Wildman–Crippen LogP) is 3.61. The van der Waals surface area contributed by atoms with Gasteiger partial charge in [0.1, 0.15) is 28.2 Å². The number of esters is 1. The minimum Gasteiger partial charge on any atom is -0.456 e. The molecule has 7 nitrogen and oxygen atoms in total. The van der Waals surface area contributed by atoms with Crippen LogP contribution in [0, 0.1) is 0 Å². The van der Waals surface area contributed by atoms with Crippen LogP contribution in [0.15, 0.2) is 57.7 Å². The molecule has 2 aromatic carbocycles. The number of fused-ring (bicyclic) bond motifs is 1. The van der Waals surface area contributed by atoms with Gasteiger partial charge in [-0.1, -0.05) is 30.3 Å². The molecule has 0 N–H and O–H groups in total. The molecule has 0 bridgehead atoms. The van der Waals surface area contributed by atoms with Gasteiger partial charge >= 0.3 is 21.6 Å². The first-order valence-corrected chi connectivity index (χ1v) is 9.25. The van der Waals surface area contributed by atoms with E-state index in [0.717, 1.165) is 19.1 Å². The molecule has 0 saturated heterocycles. The molecule has 0 fully saturated rings. The third-order valence-electron chi connectivity index (χ3n) is 3.57. The molecule has 0 radical (unpaired) electrons. The van der Waals surface area contributed by atoms with E-state index >= 15 is 0 Å². The molecule has 0 unspecified atom stereocenters. The molecule has 0 aliphatic carbocycles. The van der Waals surface area contributed by atoms with E-state index in [-0.39, 0.29) is 16.7 Å². The van der Waals surface area contributed by atoms with Gasteiger partial charge in [-0.15, -0.1) is 0 Å². The van der Waals surface area contributed by atoms with Crippen molar-refractivity contribution in [1.82, 2.24) is 0 Å². The fraction of sp³-hybridized carbons (Fsp3) is 0.111. The highest BCUT2D eigenvalue weighted by atomic mass is 32.2. The summed E-state index contributed by atoms with van der Waals surface area (Å²) in [6.45, 7) is 0.992. The Bertz CT molecular complexity index is 1250. The summed E-state index contributed by atoms with van der Waals surface area (Å²) in [7, 11) is -6.00. The number of hydrogen-bond donors (Lipinski definition) is 0. The van der Waals surface area contributed by atoms with Gasteiger partial charge in [0.2, 0.25) is 0 Å². The van der Waals surface area contributed by atoms with E-state index in [0.29, 0.717) is 11.6 Å². The zero-order chi connectivity index (χ0) is 21.4. The second kappa shape index (κ2) is 7.24. The van der Waals surface area contributed by atoms with E-state index in [2.05, 4.69) is 4.18 Å². The second-order valence-electron chi connectivity index (χ2n) is 5.71. The maximum atomic E-state index is 12.6. The van der Waals surface area contributed by atoms with Gasteiger partial charge in [-0.05, 0) is 0 Å². The minimum absolute atomic E-state index is 0.0627. The van der Waals surface area contributed by atoms with Gasteiger partial charge in [0.25, 0.3) is 0 Å². The van der Waals surface area contributed by atoms with Crippen LogP contribution in [0.2, 0.25) is 0 Å². The maximum Gasteiger partial charge on any atom is 0.534 e. The first kappa shape index (κ1) is 20.4. The number of alkyl halides is 3. The molecule has 11 heteroatoms. The van der Waals surface area contributed by atoms with Gasteiger partial charge in [0, 0.05) is 30.7 Å². The third kappa shape index (κ3) is 4.24. The Morgan fingerprint density at radius 1 is 1.07 bits per heavy atom. The summed E-state index contributed by atoms with van der Waals surface area (Å²) in [5.41, 5.74) is -6.19. The van der Waals surface area contributed by atoms with Gasteiger partial charge < -0.3 is 13.3 Å². The molecule has 152 valence electrons. The smallest absolute Gasteiger partial charge is 0.456 e. The molecule has 29 heavy (non-hydrogen) atoms. The number of rotatable bonds is 4. The monoisotopic (exact) mass is 428 g/mol. The number of hydrogen-bond acceptors (Lipinski definition) is 7. The Morgan fingerprint density at radius 2 is 1.72 bits per heavy atom. The van der Waals surface area contributed by atoms with Crippen molar-refractivity contribution in [3.8, 4) is 22.8 Å². The fourth-order valence-electron chi connectivity index (χ4n) is 2.43. The van der Waals surface area contributed by atoms with Crippen molar-refractivity contribution in [2.45, 2.75) is 12.4 Å². The molecule has 0 amide bonds. The average molecular weight is 428 g/mol. The summed E-state index contributed by atoms with van der Waals surface area (Å²) in [6, 6.07) is 10.9. The van der Waals surface area contributed by atoms with Crippen molar-refractivity contribution in [2.24, 2.45) is 0 Å². The van der Waals surface area contributed by atoms with E-state index in [4.69, 9.17) is 9.15 Å². The number of carbonyl (C=O) groups excluding carboxylic acids is 1. The van der Waals surface area contributed by atoms with Crippen molar-refractivity contribution in [3.63, 3.8) is 0 Å². The Hall–Kier alpha value is -3.34. The van der Waals surface area contributed by atoms with Crippen molar-refractivity contribution in [2.75, 3.05) is 0 Å². The largest absolute Gasteiger partial charge is 0.534 e. The van der Waals surface area contributed by atoms with Crippen molar-refractivity contribution in [3.05, 3.63) is 58.8 Å². The van der Waals surface area contributed by atoms with Crippen LogP contribution in [-0.4, -0.2) is 19.9 Å². The van der Waals surface area contributed by atoms with E-state index in [1.165, 1.54) is 0 Å². The van der Waals surface area contributed by atoms with Gasteiger partial charge in [-0.25, -0.2) is 0 Å². The fourth-order valence-corrected chi connectivity index (χ4v) is 2.87. The summed E-state index contributed by atoms with van der Waals surface area (Å²) in [4.78, 5) is 23.9. The van der Waals surface area contributed by atoms with Crippen molar-refractivity contribution < 1.29 is 39.7 Å². The van der Waals surface area contributed by atoms with E-state index in [1.807, 2.05) is 0 Å². The summed E-state index contributed by atoms with van der Waals surface area (Å²) in [5.74, 6) is -2.18. The van der Waals surface area contributed by atoms with Crippen LogP contribution in [0.4, 0.5) is 13.2 Å². The lowest BCUT2D eigenvalue weighted by Crippen LogP contribution is -2.28. The Kier molecular flexibility index (Phi) is 5.09. The standard InChI is InChI=1S/C18H11F3O7S/c1-10(22)26-15-7-12(28-29(24,25)18(19,20)21)8-16-17(15)13(23)9-14(27-16)11-5-3-2-4-6-11/h2-9H,1H3. The second-order valence-corrected chi connectivity index (χ2v) is 7.25. The molecule has 3 aromatic rings. The first-order chi connectivity index (χ1) is 13.5. The molecular formula is C18H11F3O7S. The predicted molar refractivity (Wildman–Crippen MR) is 94.8 cm³/mol. The van der Waals surface area contributed by atoms with E-state index < -0.39 is 38.5 Å². The van der Waals surface area contributed by atoms with Crippen LogP contribution in [-0.2, 0) is 14.9 Å². The molecule has 3 rings (SSSR count). The summed E-state index contributed by atoms with van der Waals surface area (Å²) in [5, 5.41) is -0.267. The summed E-state index contributed by atoms with van der Waals surface area (Å²) >= 11 is 0. The van der Waals surface area contributed by atoms with Gasteiger partial charge in [-0.3, -0.25) is 9.59 Å². The van der Waals surface area contributed by atoms with Crippen LogP contribution in [0.3, 0.4) is 0 Å². The van der Waals surface area contributed by atoms with Gasteiger partial charge in [0.05, 0.1) is 0 Å². The Morgan fingerprint density at radius 3 is 2.31 bits per heavy atom. The third-order valence-corrected chi connectivity index (χ3v) is 4.55. The highest BCUT2D eigenvalue weighted by Gasteiger charge is 2.48. The SMILES string of the molecule is CC(=O)Oc1cc(OS(=O)(=O)C(F)(F)F)cc2oc(-c3ccccc3)cc(=O)c12. The quantitative estimate of drug-likeness (QED) is 0.271. The van der Waals surface area contributed by atoms with Crippen LogP contribution in [0.5, 0.6) is 11.5 Å². The topological polar surface area (TPSA) is 99.9 Å². The Labute approximate surface area is 161 Å². The Balaban J connectivity index is 2.24. The molecule has 0 aliphatic rings. The summed E-state index contributed by atoms with van der Waals surface area (Å²) in [6.07, 6.45) is 0. The lowest BCUT2D eigenvalue weighted by atomic mass is 10.1. The van der Waals surface area contributed by atoms with Crippen LogP contribution >= 0.6 is 0 Å². The molecule has 0 aliphatic heterocycles. The van der Waals surface area contributed by atoms with E-state index in [9.17, 15) is 31.2 Å². The molecule has 1 aromatic heterocycles. The zero-order valence-electron chi connectivity index (χ0n) is 14.5. The summed E-state index contributed by atoms with van der Waals surface area (Å²) < 4.78 is 74.9. The molecule has 1 heterocycles.